The number of hydrogen-bond acceptors (Lipinski definition) is 2. The lowest BCUT2D eigenvalue weighted by Gasteiger charge is -2.20. The van der Waals surface area contributed by atoms with Crippen LogP contribution in [0, 0.1) is 5.92 Å². The van der Waals surface area contributed by atoms with Gasteiger partial charge in [0.15, 0.2) is 0 Å². The van der Waals surface area contributed by atoms with Gasteiger partial charge in [-0.3, -0.25) is 4.79 Å². The van der Waals surface area contributed by atoms with E-state index in [9.17, 15) is 4.79 Å². The summed E-state index contributed by atoms with van der Waals surface area (Å²) in [5.41, 5.74) is 5.43. The monoisotopic (exact) mass is 254 g/mol. The van der Waals surface area contributed by atoms with Gasteiger partial charge < -0.3 is 11.1 Å². The Morgan fingerprint density at radius 3 is 2.50 bits per heavy atom. The van der Waals surface area contributed by atoms with Gasteiger partial charge >= 0.3 is 0 Å². The molecule has 3 heteroatoms. The summed E-state index contributed by atoms with van der Waals surface area (Å²) in [6.07, 6.45) is 13.2. The number of carbonyl (C=O) groups is 1. The molecule has 0 bridgehead atoms. The van der Waals surface area contributed by atoms with Crippen LogP contribution in [0.15, 0.2) is 0 Å². The fraction of sp³-hybridized carbons (Fsp3) is 0.933. The van der Waals surface area contributed by atoms with Crippen LogP contribution in [0.5, 0.6) is 0 Å². The molecule has 18 heavy (non-hydrogen) atoms. The second kappa shape index (κ2) is 10.4. The molecular formula is C15H30N2O. The van der Waals surface area contributed by atoms with E-state index in [2.05, 4.69) is 5.32 Å². The van der Waals surface area contributed by atoms with Gasteiger partial charge in [-0.1, -0.05) is 44.9 Å². The minimum absolute atomic E-state index is 0.249. The van der Waals surface area contributed by atoms with Crippen LogP contribution in [-0.2, 0) is 4.79 Å². The van der Waals surface area contributed by atoms with Crippen LogP contribution in [0.2, 0.25) is 0 Å². The van der Waals surface area contributed by atoms with E-state index in [4.69, 9.17) is 5.73 Å². The Hall–Kier alpha value is -0.570. The second-order valence-corrected chi connectivity index (χ2v) is 5.60. The van der Waals surface area contributed by atoms with E-state index < -0.39 is 0 Å². The number of nitrogens with two attached hydrogens (primary N) is 1. The van der Waals surface area contributed by atoms with Gasteiger partial charge in [-0.2, -0.15) is 0 Å². The van der Waals surface area contributed by atoms with Crippen molar-refractivity contribution in [3.63, 3.8) is 0 Å². The van der Waals surface area contributed by atoms with Crippen molar-refractivity contribution < 1.29 is 4.79 Å². The van der Waals surface area contributed by atoms with Crippen molar-refractivity contribution in [2.45, 2.75) is 70.6 Å². The lowest BCUT2D eigenvalue weighted by atomic mass is 9.86. The van der Waals surface area contributed by atoms with E-state index in [0.717, 1.165) is 44.7 Å². The van der Waals surface area contributed by atoms with Crippen LogP contribution in [0.1, 0.15) is 70.6 Å². The van der Waals surface area contributed by atoms with Gasteiger partial charge in [0.25, 0.3) is 0 Å². The standard InChI is InChI=1S/C15H30N2O/c16-12-6-1-2-7-13-17-15(18)11-10-14-8-4-3-5-9-14/h14H,1-13,16H2,(H,17,18). The molecule has 1 rings (SSSR count). The molecule has 1 aliphatic carbocycles. The molecule has 0 heterocycles. The minimum atomic E-state index is 0.249. The zero-order valence-electron chi connectivity index (χ0n) is 11.8. The third kappa shape index (κ3) is 7.70. The number of amides is 1. The highest BCUT2D eigenvalue weighted by atomic mass is 16.1. The van der Waals surface area contributed by atoms with Crippen LogP contribution in [0.3, 0.4) is 0 Å². The van der Waals surface area contributed by atoms with Gasteiger partial charge in [-0.05, 0) is 31.7 Å². The highest BCUT2D eigenvalue weighted by Gasteiger charge is 2.14. The van der Waals surface area contributed by atoms with Crippen LogP contribution in [0.4, 0.5) is 0 Å². The van der Waals surface area contributed by atoms with Crippen molar-refractivity contribution in [3.05, 3.63) is 0 Å². The van der Waals surface area contributed by atoms with Gasteiger partial charge in [-0.25, -0.2) is 0 Å². The smallest absolute Gasteiger partial charge is 0.220 e. The van der Waals surface area contributed by atoms with Gasteiger partial charge in [0.05, 0.1) is 0 Å². The fourth-order valence-corrected chi connectivity index (χ4v) is 2.75. The molecule has 0 spiro atoms. The molecule has 0 aromatic rings. The number of rotatable bonds is 9. The Kier molecular flexibility index (Phi) is 8.92. The molecule has 0 aromatic carbocycles. The maximum absolute atomic E-state index is 11.6. The molecule has 1 amide bonds. The Morgan fingerprint density at radius 1 is 1.06 bits per heavy atom. The number of nitrogens with one attached hydrogen (secondary N) is 1. The van der Waals surface area contributed by atoms with Crippen molar-refractivity contribution in [2.75, 3.05) is 13.1 Å². The van der Waals surface area contributed by atoms with Gasteiger partial charge in [-0.15, -0.1) is 0 Å². The van der Waals surface area contributed by atoms with Crippen molar-refractivity contribution in [1.82, 2.24) is 5.32 Å². The average Bonchev–Trinajstić information content (AvgIpc) is 2.41. The largest absolute Gasteiger partial charge is 0.356 e. The summed E-state index contributed by atoms with van der Waals surface area (Å²) < 4.78 is 0. The van der Waals surface area contributed by atoms with E-state index in [1.807, 2.05) is 0 Å². The summed E-state index contributed by atoms with van der Waals surface area (Å²) in [6, 6.07) is 0. The second-order valence-electron chi connectivity index (χ2n) is 5.60. The van der Waals surface area contributed by atoms with Crippen LogP contribution >= 0.6 is 0 Å². The topological polar surface area (TPSA) is 55.1 Å². The highest BCUT2D eigenvalue weighted by molar-refractivity contribution is 5.75. The molecule has 0 saturated heterocycles. The maximum Gasteiger partial charge on any atom is 0.220 e. The lowest BCUT2D eigenvalue weighted by Crippen LogP contribution is -2.25. The van der Waals surface area contributed by atoms with E-state index in [1.54, 1.807) is 0 Å². The minimum Gasteiger partial charge on any atom is -0.356 e. The molecule has 3 nitrogen and oxygen atoms in total. The first kappa shape index (κ1) is 15.5. The van der Waals surface area contributed by atoms with Crippen molar-refractivity contribution in [1.29, 1.82) is 0 Å². The zero-order valence-corrected chi connectivity index (χ0v) is 11.8. The first-order chi connectivity index (χ1) is 8.83. The fourth-order valence-electron chi connectivity index (χ4n) is 2.75. The normalized spacial score (nSPS) is 16.7. The van der Waals surface area contributed by atoms with Crippen LogP contribution < -0.4 is 11.1 Å². The summed E-state index contributed by atoms with van der Waals surface area (Å²) in [6.45, 7) is 1.63. The predicted octanol–water partition coefficient (Wildman–Crippen LogP) is 2.98. The molecule has 1 saturated carbocycles. The number of unbranched alkanes of at least 4 members (excludes halogenated alkanes) is 3. The molecule has 0 radical (unpaired) electrons. The van der Waals surface area contributed by atoms with E-state index in [0.29, 0.717) is 0 Å². The molecule has 0 aromatic heterocycles. The number of hydrogen-bond donors (Lipinski definition) is 2. The maximum atomic E-state index is 11.6. The summed E-state index contributed by atoms with van der Waals surface area (Å²) in [5, 5.41) is 3.03. The Morgan fingerprint density at radius 2 is 1.78 bits per heavy atom. The number of carbonyl (C=O) groups excluding carboxylic acids is 1. The zero-order chi connectivity index (χ0) is 13.1. The van der Waals surface area contributed by atoms with Crippen molar-refractivity contribution >= 4 is 5.91 Å². The Balaban J connectivity index is 1.90. The van der Waals surface area contributed by atoms with Crippen molar-refractivity contribution in [2.24, 2.45) is 11.7 Å². The first-order valence-corrected chi connectivity index (χ1v) is 7.79. The van der Waals surface area contributed by atoms with Crippen LogP contribution in [0.25, 0.3) is 0 Å². The molecular weight excluding hydrogens is 224 g/mol. The van der Waals surface area contributed by atoms with E-state index >= 15 is 0 Å². The van der Waals surface area contributed by atoms with E-state index in [-0.39, 0.29) is 5.91 Å². The summed E-state index contributed by atoms with van der Waals surface area (Å²) >= 11 is 0. The first-order valence-electron chi connectivity index (χ1n) is 7.79. The summed E-state index contributed by atoms with van der Waals surface area (Å²) in [5.74, 6) is 1.06. The average molecular weight is 254 g/mol. The van der Waals surface area contributed by atoms with Gasteiger partial charge in [0, 0.05) is 13.0 Å². The van der Waals surface area contributed by atoms with E-state index in [1.165, 1.54) is 44.9 Å². The summed E-state index contributed by atoms with van der Waals surface area (Å²) in [4.78, 5) is 11.6. The summed E-state index contributed by atoms with van der Waals surface area (Å²) in [7, 11) is 0. The Labute approximate surface area is 112 Å². The third-order valence-corrected chi connectivity index (χ3v) is 3.96. The molecule has 3 N–H and O–H groups in total. The molecule has 0 unspecified atom stereocenters. The molecule has 1 fully saturated rings. The van der Waals surface area contributed by atoms with Gasteiger partial charge in [0.2, 0.25) is 5.91 Å². The van der Waals surface area contributed by atoms with Crippen molar-refractivity contribution in [3.8, 4) is 0 Å². The highest BCUT2D eigenvalue weighted by Crippen LogP contribution is 2.27. The van der Waals surface area contributed by atoms with Crippen LogP contribution in [-0.4, -0.2) is 19.0 Å². The van der Waals surface area contributed by atoms with Gasteiger partial charge in [0.1, 0.15) is 0 Å². The molecule has 0 aliphatic heterocycles. The molecule has 0 atom stereocenters. The lowest BCUT2D eigenvalue weighted by molar-refractivity contribution is -0.121. The Bertz CT molecular complexity index is 213. The molecule has 106 valence electrons. The third-order valence-electron chi connectivity index (χ3n) is 3.96. The SMILES string of the molecule is NCCCCCCNC(=O)CCC1CCCCC1. The quantitative estimate of drug-likeness (QED) is 0.621. The molecule has 1 aliphatic rings. The predicted molar refractivity (Wildman–Crippen MR) is 76.3 cm³/mol.